The lowest BCUT2D eigenvalue weighted by atomic mass is 10.0. The third kappa shape index (κ3) is 2.20. The maximum atomic E-state index is 5.48. The van der Waals surface area contributed by atoms with Gasteiger partial charge in [0.05, 0.1) is 13.2 Å². The average molecular weight is 278 g/mol. The van der Waals surface area contributed by atoms with Crippen molar-refractivity contribution < 1.29 is 4.74 Å². The summed E-state index contributed by atoms with van der Waals surface area (Å²) in [5.41, 5.74) is 5.02. The van der Waals surface area contributed by atoms with E-state index in [9.17, 15) is 0 Å². The molecule has 4 rings (SSSR count). The fraction of sp³-hybridized carbons (Fsp3) is 0.222. The van der Waals surface area contributed by atoms with Crippen LogP contribution in [0.5, 0.6) is 0 Å². The Morgan fingerprint density at radius 1 is 0.905 bits per heavy atom. The summed E-state index contributed by atoms with van der Waals surface area (Å²) in [4.78, 5) is 5.83. The third-order valence-electron chi connectivity index (χ3n) is 4.12. The van der Waals surface area contributed by atoms with Crippen LogP contribution in [0.1, 0.15) is 0 Å². The number of hydrogen-bond donors (Lipinski definition) is 1. The predicted molar refractivity (Wildman–Crippen MR) is 86.8 cm³/mol. The fourth-order valence-corrected chi connectivity index (χ4v) is 3.08. The lowest BCUT2D eigenvalue weighted by Gasteiger charge is -2.29. The van der Waals surface area contributed by atoms with Gasteiger partial charge in [-0.25, -0.2) is 0 Å². The lowest BCUT2D eigenvalue weighted by Crippen LogP contribution is -2.36. The second kappa shape index (κ2) is 5.26. The van der Waals surface area contributed by atoms with E-state index in [1.807, 2.05) is 0 Å². The smallest absolute Gasteiger partial charge is 0.0642 e. The van der Waals surface area contributed by atoms with E-state index in [-0.39, 0.29) is 0 Å². The van der Waals surface area contributed by atoms with Gasteiger partial charge in [0, 0.05) is 41.4 Å². The topological polar surface area (TPSA) is 28.3 Å². The quantitative estimate of drug-likeness (QED) is 0.774. The zero-order valence-corrected chi connectivity index (χ0v) is 11.9. The highest BCUT2D eigenvalue weighted by Crippen LogP contribution is 2.35. The van der Waals surface area contributed by atoms with Crippen molar-refractivity contribution in [3.63, 3.8) is 0 Å². The highest BCUT2D eigenvalue weighted by Gasteiger charge is 2.17. The number of aromatic nitrogens is 1. The number of fused-ring (bicyclic) bond motifs is 1. The van der Waals surface area contributed by atoms with Crippen molar-refractivity contribution in [2.45, 2.75) is 0 Å². The molecular weight excluding hydrogens is 260 g/mol. The number of benzene rings is 2. The minimum atomic E-state index is 0.807. The van der Waals surface area contributed by atoms with E-state index in [1.165, 1.54) is 27.7 Å². The second-order valence-electron chi connectivity index (χ2n) is 5.37. The Morgan fingerprint density at radius 2 is 1.71 bits per heavy atom. The predicted octanol–water partition coefficient (Wildman–Crippen LogP) is 3.67. The number of aromatic amines is 1. The van der Waals surface area contributed by atoms with Crippen LogP contribution in [0.3, 0.4) is 0 Å². The number of anilines is 1. The van der Waals surface area contributed by atoms with Gasteiger partial charge in [-0.05, 0) is 17.7 Å². The molecule has 1 aliphatic heterocycles. The Bertz CT molecular complexity index is 742. The van der Waals surface area contributed by atoms with E-state index in [4.69, 9.17) is 4.74 Å². The first-order valence-corrected chi connectivity index (χ1v) is 7.42. The molecule has 0 aliphatic carbocycles. The normalized spacial score (nSPS) is 15.5. The SMILES string of the molecule is c1ccc(-c2c[nH]c3cccc(N4CCOCC4)c23)cc1. The number of H-pyrrole nitrogens is 1. The molecule has 0 bridgehead atoms. The molecule has 0 radical (unpaired) electrons. The standard InChI is InChI=1S/C18H18N2O/c1-2-5-14(6-3-1)15-13-19-16-7-4-8-17(18(15)16)20-9-11-21-12-10-20/h1-8,13,19H,9-12H2. The summed E-state index contributed by atoms with van der Waals surface area (Å²) in [5.74, 6) is 0. The van der Waals surface area contributed by atoms with Crippen LogP contribution in [0.4, 0.5) is 5.69 Å². The van der Waals surface area contributed by atoms with E-state index in [1.54, 1.807) is 0 Å². The first-order chi connectivity index (χ1) is 10.4. The molecule has 3 aromatic rings. The van der Waals surface area contributed by atoms with E-state index in [0.717, 1.165) is 26.3 Å². The average Bonchev–Trinajstić information content (AvgIpc) is 3.00. The van der Waals surface area contributed by atoms with Crippen LogP contribution in [0.2, 0.25) is 0 Å². The molecule has 1 aromatic heterocycles. The van der Waals surface area contributed by atoms with E-state index < -0.39 is 0 Å². The number of nitrogens with zero attached hydrogens (tertiary/aromatic N) is 1. The van der Waals surface area contributed by atoms with Gasteiger partial charge in [-0.15, -0.1) is 0 Å². The first-order valence-electron chi connectivity index (χ1n) is 7.42. The Kier molecular flexibility index (Phi) is 3.13. The summed E-state index contributed by atoms with van der Waals surface area (Å²) in [5, 5.41) is 1.31. The van der Waals surface area contributed by atoms with Crippen molar-refractivity contribution in [1.29, 1.82) is 0 Å². The van der Waals surface area contributed by atoms with Crippen LogP contribution in [0, 0.1) is 0 Å². The molecule has 21 heavy (non-hydrogen) atoms. The molecule has 106 valence electrons. The number of rotatable bonds is 2. The molecule has 2 aromatic carbocycles. The van der Waals surface area contributed by atoms with Gasteiger partial charge >= 0.3 is 0 Å². The highest BCUT2D eigenvalue weighted by molar-refractivity contribution is 6.04. The molecule has 1 saturated heterocycles. The molecule has 0 atom stereocenters. The first kappa shape index (κ1) is 12.5. The summed E-state index contributed by atoms with van der Waals surface area (Å²) >= 11 is 0. The van der Waals surface area contributed by atoms with Gasteiger partial charge in [-0.1, -0.05) is 36.4 Å². The van der Waals surface area contributed by atoms with Crippen molar-refractivity contribution >= 4 is 16.6 Å². The summed E-state index contributed by atoms with van der Waals surface area (Å²) < 4.78 is 5.48. The van der Waals surface area contributed by atoms with Gasteiger partial charge < -0.3 is 14.6 Å². The summed E-state index contributed by atoms with van der Waals surface area (Å²) in [6.45, 7) is 3.53. The highest BCUT2D eigenvalue weighted by atomic mass is 16.5. The molecule has 0 amide bonds. The molecule has 2 heterocycles. The van der Waals surface area contributed by atoms with Gasteiger partial charge in [-0.3, -0.25) is 0 Å². The van der Waals surface area contributed by atoms with Gasteiger partial charge in [0.1, 0.15) is 0 Å². The largest absolute Gasteiger partial charge is 0.378 e. The van der Waals surface area contributed by atoms with Crippen molar-refractivity contribution in [1.82, 2.24) is 4.98 Å². The summed E-state index contributed by atoms with van der Waals surface area (Å²) in [6, 6.07) is 17.0. The van der Waals surface area contributed by atoms with Crippen LogP contribution in [-0.2, 0) is 4.74 Å². The van der Waals surface area contributed by atoms with Crippen LogP contribution >= 0.6 is 0 Å². The minimum Gasteiger partial charge on any atom is -0.378 e. The van der Waals surface area contributed by atoms with Gasteiger partial charge in [-0.2, -0.15) is 0 Å². The maximum absolute atomic E-state index is 5.48. The Hall–Kier alpha value is -2.26. The second-order valence-corrected chi connectivity index (χ2v) is 5.37. The van der Waals surface area contributed by atoms with Gasteiger partial charge in [0.15, 0.2) is 0 Å². The van der Waals surface area contributed by atoms with Crippen LogP contribution < -0.4 is 4.90 Å². The summed E-state index contributed by atoms with van der Waals surface area (Å²) in [7, 11) is 0. The molecular formula is C18H18N2O. The molecule has 3 nitrogen and oxygen atoms in total. The van der Waals surface area contributed by atoms with Crippen molar-refractivity contribution in [3.05, 3.63) is 54.7 Å². The molecule has 0 saturated carbocycles. The van der Waals surface area contributed by atoms with Crippen LogP contribution in [-0.4, -0.2) is 31.3 Å². The Labute approximate surface area is 124 Å². The van der Waals surface area contributed by atoms with E-state index in [0.29, 0.717) is 0 Å². The number of nitrogens with one attached hydrogen (secondary N) is 1. The zero-order valence-electron chi connectivity index (χ0n) is 11.9. The number of hydrogen-bond acceptors (Lipinski definition) is 2. The molecule has 0 unspecified atom stereocenters. The van der Waals surface area contributed by atoms with Crippen molar-refractivity contribution in [2.75, 3.05) is 31.2 Å². The van der Waals surface area contributed by atoms with Gasteiger partial charge in [0.2, 0.25) is 0 Å². The number of ether oxygens (including phenoxy) is 1. The van der Waals surface area contributed by atoms with Gasteiger partial charge in [0.25, 0.3) is 0 Å². The monoisotopic (exact) mass is 278 g/mol. The van der Waals surface area contributed by atoms with Crippen molar-refractivity contribution in [3.8, 4) is 11.1 Å². The van der Waals surface area contributed by atoms with Crippen molar-refractivity contribution in [2.24, 2.45) is 0 Å². The molecule has 1 aliphatic rings. The minimum absolute atomic E-state index is 0.807. The molecule has 1 N–H and O–H groups in total. The molecule has 3 heteroatoms. The van der Waals surface area contributed by atoms with E-state index in [2.05, 4.69) is 64.6 Å². The third-order valence-corrected chi connectivity index (χ3v) is 4.12. The number of morpholine rings is 1. The Morgan fingerprint density at radius 3 is 2.52 bits per heavy atom. The Balaban J connectivity index is 1.89. The summed E-state index contributed by atoms with van der Waals surface area (Å²) in [6.07, 6.45) is 2.12. The zero-order chi connectivity index (χ0) is 14.1. The molecule has 0 spiro atoms. The van der Waals surface area contributed by atoms with Crippen LogP contribution in [0.15, 0.2) is 54.7 Å². The van der Waals surface area contributed by atoms with E-state index >= 15 is 0 Å². The fourth-order valence-electron chi connectivity index (χ4n) is 3.08. The molecule has 1 fully saturated rings. The lowest BCUT2D eigenvalue weighted by molar-refractivity contribution is 0.123. The van der Waals surface area contributed by atoms with Crippen LogP contribution in [0.25, 0.3) is 22.0 Å². The maximum Gasteiger partial charge on any atom is 0.0642 e.